The van der Waals surface area contributed by atoms with Crippen LogP contribution in [0.4, 0.5) is 0 Å². The van der Waals surface area contributed by atoms with Crippen molar-refractivity contribution in [3.05, 3.63) is 0 Å². The molecule has 0 aromatic rings. The second-order valence-electron chi connectivity index (χ2n) is 8.57. The van der Waals surface area contributed by atoms with Gasteiger partial charge in [-0.15, -0.1) is 0 Å². The quantitative estimate of drug-likeness (QED) is 0.845. The van der Waals surface area contributed by atoms with Gasteiger partial charge in [0, 0.05) is 32.7 Å². The Labute approximate surface area is 129 Å². The monoisotopic (exact) mass is 293 g/mol. The maximum absolute atomic E-state index is 5.78. The lowest BCUT2D eigenvalue weighted by atomic mass is 9.48. The molecule has 4 aliphatic carbocycles. The molecule has 2 unspecified atom stereocenters. The second kappa shape index (κ2) is 5.21. The lowest BCUT2D eigenvalue weighted by Crippen LogP contribution is -2.57. The first-order valence-corrected chi connectivity index (χ1v) is 8.99. The van der Waals surface area contributed by atoms with Gasteiger partial charge in [-0.3, -0.25) is 0 Å². The van der Waals surface area contributed by atoms with Crippen molar-refractivity contribution < 1.29 is 9.47 Å². The molecular weight excluding hydrogens is 262 g/mol. The van der Waals surface area contributed by atoms with Crippen LogP contribution in [0.5, 0.6) is 0 Å². The summed E-state index contributed by atoms with van der Waals surface area (Å²) in [4.78, 5) is 0. The second-order valence-corrected chi connectivity index (χ2v) is 8.57. The molecule has 5 rings (SSSR count). The van der Waals surface area contributed by atoms with Crippen molar-refractivity contribution in [1.82, 2.24) is 5.32 Å². The third kappa shape index (κ3) is 2.46. The molecule has 0 aromatic heterocycles. The summed E-state index contributed by atoms with van der Waals surface area (Å²) >= 11 is 0. The van der Waals surface area contributed by atoms with Crippen LogP contribution in [0, 0.1) is 23.2 Å². The fourth-order valence-corrected chi connectivity index (χ4v) is 6.22. The van der Waals surface area contributed by atoms with Crippen LogP contribution in [-0.2, 0) is 9.47 Å². The highest BCUT2D eigenvalue weighted by atomic mass is 16.5. The number of ether oxygens (including phenoxy) is 2. The third-order valence-electron chi connectivity index (χ3n) is 7.23. The predicted molar refractivity (Wildman–Crippen MR) is 83.2 cm³/mol. The molecule has 3 heteroatoms. The molecule has 21 heavy (non-hydrogen) atoms. The van der Waals surface area contributed by atoms with Crippen molar-refractivity contribution in [2.75, 3.05) is 26.9 Å². The highest BCUT2D eigenvalue weighted by molar-refractivity contribution is 5.05. The summed E-state index contributed by atoms with van der Waals surface area (Å²) in [5.41, 5.74) is 0.514. The van der Waals surface area contributed by atoms with E-state index >= 15 is 0 Å². The minimum absolute atomic E-state index is 0.0729. The first kappa shape index (κ1) is 14.5. The molecule has 1 aliphatic heterocycles. The molecule has 1 saturated heterocycles. The molecule has 4 bridgehead atoms. The van der Waals surface area contributed by atoms with E-state index in [0.717, 1.165) is 43.9 Å². The van der Waals surface area contributed by atoms with Gasteiger partial charge in [0.05, 0.1) is 6.61 Å². The fraction of sp³-hybridized carbons (Fsp3) is 1.00. The molecule has 120 valence electrons. The van der Waals surface area contributed by atoms with Gasteiger partial charge in [0.25, 0.3) is 0 Å². The van der Waals surface area contributed by atoms with Crippen molar-refractivity contribution in [3.8, 4) is 0 Å². The Balaban J connectivity index is 1.42. The summed E-state index contributed by atoms with van der Waals surface area (Å²) in [5, 5.41) is 3.87. The molecule has 5 fully saturated rings. The Morgan fingerprint density at radius 3 is 2.24 bits per heavy atom. The Morgan fingerprint density at radius 2 is 1.76 bits per heavy atom. The maximum atomic E-state index is 5.78. The molecular formula is C18H31NO2. The van der Waals surface area contributed by atoms with Crippen LogP contribution < -0.4 is 5.32 Å². The van der Waals surface area contributed by atoms with Gasteiger partial charge in [-0.2, -0.15) is 0 Å². The molecule has 4 saturated carbocycles. The summed E-state index contributed by atoms with van der Waals surface area (Å²) < 4.78 is 11.3. The average molecular weight is 293 g/mol. The van der Waals surface area contributed by atoms with Gasteiger partial charge in [-0.1, -0.05) is 0 Å². The van der Waals surface area contributed by atoms with Gasteiger partial charge in [-0.05, 0) is 68.6 Å². The smallest absolute Gasteiger partial charge is 0.106 e. The van der Waals surface area contributed by atoms with E-state index in [-0.39, 0.29) is 5.60 Å². The highest BCUT2D eigenvalue weighted by Crippen LogP contribution is 2.61. The van der Waals surface area contributed by atoms with Crippen molar-refractivity contribution in [1.29, 1.82) is 0 Å². The average Bonchev–Trinajstić information content (AvgIpc) is 2.93. The maximum Gasteiger partial charge on any atom is 0.106 e. The number of hydrogen-bond donors (Lipinski definition) is 1. The van der Waals surface area contributed by atoms with Crippen molar-refractivity contribution >= 4 is 0 Å². The fourth-order valence-electron chi connectivity index (χ4n) is 6.22. The van der Waals surface area contributed by atoms with Gasteiger partial charge in [-0.25, -0.2) is 0 Å². The van der Waals surface area contributed by atoms with E-state index in [1.807, 2.05) is 7.11 Å². The third-order valence-corrected chi connectivity index (χ3v) is 7.23. The molecule has 5 aliphatic rings. The molecule has 3 nitrogen and oxygen atoms in total. The Bertz CT molecular complexity index is 353. The Kier molecular flexibility index (Phi) is 3.59. The van der Waals surface area contributed by atoms with Gasteiger partial charge in [0.2, 0.25) is 0 Å². The zero-order valence-corrected chi connectivity index (χ0v) is 13.7. The topological polar surface area (TPSA) is 30.5 Å². The van der Waals surface area contributed by atoms with Crippen molar-refractivity contribution in [3.63, 3.8) is 0 Å². The van der Waals surface area contributed by atoms with Gasteiger partial charge in [0.15, 0.2) is 0 Å². The van der Waals surface area contributed by atoms with Crippen LogP contribution in [-0.4, -0.2) is 38.5 Å². The number of methoxy groups -OCH3 is 1. The number of nitrogens with one attached hydrogen (secondary N) is 1. The summed E-state index contributed by atoms with van der Waals surface area (Å²) in [5.74, 6) is 3.10. The molecule has 1 heterocycles. The SMILES string of the molecule is COC1(CNC(C)C23CC4CC(CC(C4)C2)C3)CCOC1. The van der Waals surface area contributed by atoms with Gasteiger partial charge in [0.1, 0.15) is 5.60 Å². The van der Waals surface area contributed by atoms with Crippen LogP contribution in [0.2, 0.25) is 0 Å². The minimum atomic E-state index is -0.0729. The van der Waals surface area contributed by atoms with Crippen LogP contribution in [0.15, 0.2) is 0 Å². The zero-order chi connectivity index (χ0) is 14.5. The van der Waals surface area contributed by atoms with Crippen LogP contribution in [0.3, 0.4) is 0 Å². The molecule has 1 N–H and O–H groups in total. The largest absolute Gasteiger partial charge is 0.378 e. The number of rotatable bonds is 5. The first-order valence-electron chi connectivity index (χ1n) is 8.99. The summed E-state index contributed by atoms with van der Waals surface area (Å²) in [6, 6.07) is 0.624. The number of hydrogen-bond acceptors (Lipinski definition) is 3. The molecule has 0 radical (unpaired) electrons. The van der Waals surface area contributed by atoms with E-state index in [1.165, 1.54) is 38.5 Å². The summed E-state index contributed by atoms with van der Waals surface area (Å²) in [6.45, 7) is 4.99. The van der Waals surface area contributed by atoms with E-state index in [4.69, 9.17) is 9.47 Å². The van der Waals surface area contributed by atoms with Crippen molar-refractivity contribution in [2.24, 2.45) is 23.2 Å². The molecule has 0 spiro atoms. The summed E-state index contributed by atoms with van der Waals surface area (Å²) in [7, 11) is 1.84. The zero-order valence-electron chi connectivity index (χ0n) is 13.7. The lowest BCUT2D eigenvalue weighted by Gasteiger charge is -2.59. The lowest BCUT2D eigenvalue weighted by molar-refractivity contribution is -0.0771. The van der Waals surface area contributed by atoms with Crippen LogP contribution in [0.25, 0.3) is 0 Å². The van der Waals surface area contributed by atoms with E-state index < -0.39 is 0 Å². The Hall–Kier alpha value is -0.120. The standard InChI is InChI=1S/C18H31NO2/c1-13(19-11-18(20-2)3-4-21-12-18)17-8-14-5-15(9-17)7-16(6-14)10-17/h13-16,19H,3-12H2,1-2H3. The first-order chi connectivity index (χ1) is 10.1. The summed E-state index contributed by atoms with van der Waals surface area (Å²) in [6.07, 6.45) is 10.0. The molecule has 0 aromatic carbocycles. The van der Waals surface area contributed by atoms with E-state index in [2.05, 4.69) is 12.2 Å². The van der Waals surface area contributed by atoms with Crippen LogP contribution in [0.1, 0.15) is 51.9 Å². The van der Waals surface area contributed by atoms with Crippen molar-refractivity contribution in [2.45, 2.75) is 63.5 Å². The van der Waals surface area contributed by atoms with E-state index in [1.54, 1.807) is 0 Å². The van der Waals surface area contributed by atoms with Gasteiger partial charge >= 0.3 is 0 Å². The van der Waals surface area contributed by atoms with E-state index in [0.29, 0.717) is 11.5 Å². The highest BCUT2D eigenvalue weighted by Gasteiger charge is 2.53. The van der Waals surface area contributed by atoms with Crippen LogP contribution >= 0.6 is 0 Å². The predicted octanol–water partition coefficient (Wildman–Crippen LogP) is 2.99. The van der Waals surface area contributed by atoms with Gasteiger partial charge < -0.3 is 14.8 Å². The molecule has 2 atom stereocenters. The molecule has 0 amide bonds. The normalized spacial score (nSPS) is 49.7. The Morgan fingerprint density at radius 1 is 1.14 bits per heavy atom. The minimum Gasteiger partial charge on any atom is -0.378 e. The van der Waals surface area contributed by atoms with E-state index in [9.17, 15) is 0 Å².